The van der Waals surface area contributed by atoms with Gasteiger partial charge in [-0.05, 0) is 36.8 Å². The number of fused-ring (bicyclic) bond motifs is 2. The molecule has 0 amide bonds. The van der Waals surface area contributed by atoms with E-state index in [1.54, 1.807) is 17.6 Å². The van der Waals surface area contributed by atoms with Gasteiger partial charge in [0, 0.05) is 11.9 Å². The highest BCUT2D eigenvalue weighted by Gasteiger charge is 2.23. The number of hydrogen-bond acceptors (Lipinski definition) is 5. The summed E-state index contributed by atoms with van der Waals surface area (Å²) < 4.78 is 7.72. The van der Waals surface area contributed by atoms with E-state index < -0.39 is 5.60 Å². The van der Waals surface area contributed by atoms with Gasteiger partial charge in [0.05, 0.1) is 6.20 Å². The molecule has 5 aromatic rings. The molecule has 6 heteroatoms. The van der Waals surface area contributed by atoms with E-state index in [9.17, 15) is 5.11 Å². The summed E-state index contributed by atoms with van der Waals surface area (Å²) >= 11 is 0. The van der Waals surface area contributed by atoms with Crippen LogP contribution in [0.4, 0.5) is 5.82 Å². The molecule has 2 N–H and O–H groups in total. The molecule has 0 spiro atoms. The zero-order chi connectivity index (χ0) is 19.8. The number of anilines is 1. The van der Waals surface area contributed by atoms with Gasteiger partial charge in [-0.3, -0.25) is 0 Å². The summed E-state index contributed by atoms with van der Waals surface area (Å²) in [5, 5.41) is 19.7. The average molecular weight is 384 g/mol. The number of benzene rings is 2. The number of rotatable bonds is 5. The van der Waals surface area contributed by atoms with E-state index in [0.29, 0.717) is 18.1 Å². The van der Waals surface area contributed by atoms with Gasteiger partial charge in [0.25, 0.3) is 0 Å². The van der Waals surface area contributed by atoms with E-state index in [1.165, 1.54) is 0 Å². The Morgan fingerprint density at radius 3 is 2.66 bits per heavy atom. The lowest BCUT2D eigenvalue weighted by Crippen LogP contribution is -2.31. The molecule has 0 bridgehead atoms. The van der Waals surface area contributed by atoms with Crippen LogP contribution in [0.25, 0.3) is 28.1 Å². The summed E-state index contributed by atoms with van der Waals surface area (Å²) in [5.74, 6) is 1.35. The average Bonchev–Trinajstić information content (AvgIpc) is 3.36. The molecule has 0 fully saturated rings. The van der Waals surface area contributed by atoms with Crippen molar-refractivity contribution in [2.24, 2.45) is 0 Å². The largest absolute Gasteiger partial charge is 0.454 e. The van der Waals surface area contributed by atoms with Gasteiger partial charge in [-0.15, -0.1) is 5.10 Å². The van der Waals surface area contributed by atoms with Gasteiger partial charge in [0.15, 0.2) is 11.4 Å². The molecule has 0 aliphatic rings. The summed E-state index contributed by atoms with van der Waals surface area (Å²) in [7, 11) is 0. The zero-order valence-corrected chi connectivity index (χ0v) is 15.9. The van der Waals surface area contributed by atoms with Crippen LogP contribution in [0, 0.1) is 0 Å². The second-order valence-electron chi connectivity index (χ2n) is 7.27. The highest BCUT2D eigenvalue weighted by molar-refractivity contribution is 5.82. The van der Waals surface area contributed by atoms with Crippen LogP contribution in [0.3, 0.4) is 0 Å². The smallest absolute Gasteiger partial charge is 0.155 e. The maximum atomic E-state index is 10.8. The quantitative estimate of drug-likeness (QED) is 0.468. The van der Waals surface area contributed by atoms with Crippen LogP contribution < -0.4 is 5.32 Å². The number of imidazole rings is 1. The maximum Gasteiger partial charge on any atom is 0.155 e. The van der Waals surface area contributed by atoms with Crippen LogP contribution in [-0.2, 0) is 5.60 Å². The molecular weight excluding hydrogens is 364 g/mol. The first-order valence-electron chi connectivity index (χ1n) is 9.46. The van der Waals surface area contributed by atoms with Crippen molar-refractivity contribution in [3.8, 4) is 11.5 Å². The van der Waals surface area contributed by atoms with Crippen molar-refractivity contribution in [1.82, 2.24) is 14.6 Å². The second-order valence-corrected chi connectivity index (χ2v) is 7.27. The van der Waals surface area contributed by atoms with E-state index in [2.05, 4.69) is 15.4 Å². The topological polar surface area (TPSA) is 75.6 Å². The molecule has 1 atom stereocenters. The number of nitrogens with one attached hydrogen (secondary N) is 1. The van der Waals surface area contributed by atoms with Gasteiger partial charge >= 0.3 is 0 Å². The van der Waals surface area contributed by atoms with Crippen molar-refractivity contribution in [3.63, 3.8) is 0 Å². The first-order chi connectivity index (χ1) is 14.1. The molecule has 5 rings (SSSR count). The molecule has 3 heterocycles. The van der Waals surface area contributed by atoms with Gasteiger partial charge in [0.1, 0.15) is 22.7 Å². The summed E-state index contributed by atoms with van der Waals surface area (Å²) in [5.41, 5.74) is 2.15. The molecule has 144 valence electrons. The van der Waals surface area contributed by atoms with E-state index in [-0.39, 0.29) is 0 Å². The Kier molecular flexibility index (Phi) is 4.07. The highest BCUT2D eigenvalue weighted by atomic mass is 16.3. The van der Waals surface area contributed by atoms with Crippen molar-refractivity contribution in [3.05, 3.63) is 84.6 Å². The van der Waals surface area contributed by atoms with Gasteiger partial charge in [-0.25, -0.2) is 9.50 Å². The molecule has 6 nitrogen and oxygen atoms in total. The third-order valence-electron chi connectivity index (χ3n) is 5.05. The lowest BCUT2D eigenvalue weighted by atomic mass is 9.96. The molecule has 0 saturated heterocycles. The van der Waals surface area contributed by atoms with Crippen molar-refractivity contribution >= 4 is 22.4 Å². The van der Waals surface area contributed by atoms with Gasteiger partial charge in [-0.2, -0.15) is 0 Å². The monoisotopic (exact) mass is 384 g/mol. The second kappa shape index (κ2) is 6.76. The Morgan fingerprint density at radius 1 is 1.03 bits per heavy atom. The van der Waals surface area contributed by atoms with Crippen molar-refractivity contribution in [2.45, 2.75) is 12.5 Å². The first kappa shape index (κ1) is 17.5. The van der Waals surface area contributed by atoms with E-state index in [1.807, 2.05) is 72.8 Å². The van der Waals surface area contributed by atoms with Crippen LogP contribution >= 0.6 is 0 Å². The summed E-state index contributed by atoms with van der Waals surface area (Å²) in [4.78, 5) is 4.43. The summed E-state index contributed by atoms with van der Waals surface area (Å²) in [6.45, 7) is 2.11. The fraction of sp³-hybridized carbons (Fsp3) is 0.130. The Hall–Kier alpha value is -3.64. The van der Waals surface area contributed by atoms with Crippen LogP contribution in [0.1, 0.15) is 12.5 Å². The molecule has 1 unspecified atom stereocenters. The summed E-state index contributed by atoms with van der Waals surface area (Å²) in [6.07, 6.45) is 1.75. The molecule has 2 aromatic carbocycles. The standard InChI is InChI=1S/C23H20N4O2/c1-23(28,17-8-3-2-4-9-17)15-25-21-11-12-22-24-14-18(27(22)26-21)20-13-16-7-5-6-10-19(16)29-20/h2-14,28H,15H2,1H3,(H,25,26). The van der Waals surface area contributed by atoms with Crippen LogP contribution in [-0.4, -0.2) is 26.2 Å². The predicted octanol–water partition coefficient (Wildman–Crippen LogP) is 4.46. The normalized spacial score (nSPS) is 13.6. The number of hydrogen-bond donors (Lipinski definition) is 2. The molecule has 0 saturated carbocycles. The number of aliphatic hydroxyl groups is 1. The first-order valence-corrected chi connectivity index (χ1v) is 9.46. The van der Waals surface area contributed by atoms with E-state index in [0.717, 1.165) is 27.9 Å². The fourth-order valence-electron chi connectivity index (χ4n) is 3.41. The van der Waals surface area contributed by atoms with Crippen LogP contribution in [0.2, 0.25) is 0 Å². The van der Waals surface area contributed by atoms with Crippen molar-refractivity contribution in [1.29, 1.82) is 0 Å². The maximum absolute atomic E-state index is 10.8. The molecule has 0 aliphatic heterocycles. The van der Waals surface area contributed by atoms with Crippen LogP contribution in [0.15, 0.2) is 83.4 Å². The lowest BCUT2D eigenvalue weighted by molar-refractivity contribution is 0.0714. The zero-order valence-electron chi connectivity index (χ0n) is 15.9. The fourth-order valence-corrected chi connectivity index (χ4v) is 3.41. The molecule has 0 aliphatic carbocycles. The Balaban J connectivity index is 1.45. The number of aromatic nitrogens is 3. The Labute approximate surface area is 167 Å². The van der Waals surface area contributed by atoms with Gasteiger partial charge in [-0.1, -0.05) is 48.5 Å². The highest BCUT2D eigenvalue weighted by Crippen LogP contribution is 2.28. The lowest BCUT2D eigenvalue weighted by Gasteiger charge is -2.24. The van der Waals surface area contributed by atoms with Crippen LogP contribution in [0.5, 0.6) is 0 Å². The number of para-hydroxylation sites is 1. The van der Waals surface area contributed by atoms with Crippen molar-refractivity contribution < 1.29 is 9.52 Å². The minimum atomic E-state index is -1.02. The van der Waals surface area contributed by atoms with E-state index in [4.69, 9.17) is 4.42 Å². The third-order valence-corrected chi connectivity index (χ3v) is 5.05. The molecule has 29 heavy (non-hydrogen) atoms. The SMILES string of the molecule is CC(O)(CNc1ccc2ncc(-c3cc4ccccc4o3)n2n1)c1ccccc1. The Morgan fingerprint density at radius 2 is 1.83 bits per heavy atom. The minimum Gasteiger partial charge on any atom is -0.454 e. The Bertz CT molecular complexity index is 1260. The van der Waals surface area contributed by atoms with Gasteiger partial charge < -0.3 is 14.8 Å². The summed E-state index contributed by atoms with van der Waals surface area (Å²) in [6, 6.07) is 23.2. The molecule has 0 radical (unpaired) electrons. The predicted molar refractivity (Wildman–Crippen MR) is 113 cm³/mol. The molecule has 3 aromatic heterocycles. The number of furan rings is 1. The third kappa shape index (κ3) is 3.23. The molecular formula is C23H20N4O2. The number of nitrogens with zero attached hydrogens (tertiary/aromatic N) is 3. The minimum absolute atomic E-state index is 0.324. The van der Waals surface area contributed by atoms with E-state index >= 15 is 0 Å². The van der Waals surface area contributed by atoms with Gasteiger partial charge in [0.2, 0.25) is 0 Å². The van der Waals surface area contributed by atoms with Crippen molar-refractivity contribution in [2.75, 3.05) is 11.9 Å².